The first-order valence-electron chi connectivity index (χ1n) is 5.81. The number of benzene rings is 1. The highest BCUT2D eigenvalue weighted by molar-refractivity contribution is 6.25. The Bertz CT molecular complexity index is 412. The molecule has 4 heteroatoms. The van der Waals surface area contributed by atoms with Gasteiger partial charge in [-0.2, -0.15) is 0 Å². The minimum Gasteiger partial charge on any atom is -0.466 e. The molecule has 0 fully saturated rings. The molecule has 0 heterocycles. The first-order valence-corrected chi connectivity index (χ1v) is 6.19. The van der Waals surface area contributed by atoms with Gasteiger partial charge in [0.2, 0.25) is 0 Å². The van der Waals surface area contributed by atoms with E-state index in [1.807, 2.05) is 18.2 Å². The number of Topliss-reactive ketones (excluding diaryl/α,β-unsaturated/α-hetero) is 1. The van der Waals surface area contributed by atoms with E-state index in [0.29, 0.717) is 12.0 Å². The quantitative estimate of drug-likeness (QED) is 0.452. The maximum atomic E-state index is 12.0. The normalized spacial score (nSPS) is 13.7. The fourth-order valence-electron chi connectivity index (χ4n) is 1.56. The van der Waals surface area contributed by atoms with Crippen LogP contribution in [0.25, 0.3) is 0 Å². The standard InChI is InChI=1S/C14H17ClO3/c1-11(16)18-9-8-14(2,15)10-13(17)12-6-4-3-5-7-12/h3-7H,8-10H2,1-2H3. The fraction of sp³-hybridized carbons (Fsp3) is 0.429. The molecule has 0 aliphatic carbocycles. The van der Waals surface area contributed by atoms with Crippen molar-refractivity contribution in [3.8, 4) is 0 Å². The van der Waals surface area contributed by atoms with Gasteiger partial charge in [-0.05, 0) is 6.92 Å². The number of carbonyl (C=O) groups is 2. The first kappa shape index (κ1) is 14.7. The Morgan fingerprint density at radius 2 is 1.89 bits per heavy atom. The van der Waals surface area contributed by atoms with E-state index >= 15 is 0 Å². The maximum absolute atomic E-state index is 12.0. The van der Waals surface area contributed by atoms with Crippen molar-refractivity contribution in [1.29, 1.82) is 0 Å². The molecule has 0 aromatic heterocycles. The molecular formula is C14H17ClO3. The third-order valence-electron chi connectivity index (χ3n) is 2.55. The zero-order valence-corrected chi connectivity index (χ0v) is 11.4. The first-order chi connectivity index (χ1) is 8.41. The van der Waals surface area contributed by atoms with Crippen LogP contribution in [0.4, 0.5) is 0 Å². The minimum atomic E-state index is -0.692. The van der Waals surface area contributed by atoms with E-state index < -0.39 is 4.87 Å². The lowest BCUT2D eigenvalue weighted by atomic mass is 9.96. The molecule has 0 amide bonds. The van der Waals surface area contributed by atoms with E-state index in [1.165, 1.54) is 6.92 Å². The van der Waals surface area contributed by atoms with Gasteiger partial charge in [0, 0.05) is 25.3 Å². The van der Waals surface area contributed by atoms with Crippen LogP contribution < -0.4 is 0 Å². The SMILES string of the molecule is CC(=O)OCCC(C)(Cl)CC(=O)c1ccccc1. The van der Waals surface area contributed by atoms with E-state index in [4.69, 9.17) is 16.3 Å². The summed E-state index contributed by atoms with van der Waals surface area (Å²) in [5.74, 6) is -0.340. The second-order valence-corrected chi connectivity index (χ2v) is 5.38. The highest BCUT2D eigenvalue weighted by Crippen LogP contribution is 2.25. The molecule has 3 nitrogen and oxygen atoms in total. The van der Waals surface area contributed by atoms with Crippen LogP contribution in [0.5, 0.6) is 0 Å². The van der Waals surface area contributed by atoms with E-state index in [1.54, 1.807) is 19.1 Å². The van der Waals surface area contributed by atoms with Crippen molar-refractivity contribution in [1.82, 2.24) is 0 Å². The number of halogens is 1. The van der Waals surface area contributed by atoms with Gasteiger partial charge in [-0.25, -0.2) is 0 Å². The number of hydrogen-bond acceptors (Lipinski definition) is 3. The molecule has 0 bridgehead atoms. The Hall–Kier alpha value is -1.35. The molecule has 1 aromatic carbocycles. The smallest absolute Gasteiger partial charge is 0.302 e. The summed E-state index contributed by atoms with van der Waals surface area (Å²) < 4.78 is 4.83. The number of ether oxygens (including phenoxy) is 1. The Labute approximate surface area is 112 Å². The number of esters is 1. The number of ketones is 1. The summed E-state index contributed by atoms with van der Waals surface area (Å²) in [6.45, 7) is 3.36. The van der Waals surface area contributed by atoms with Crippen LogP contribution >= 0.6 is 11.6 Å². The van der Waals surface area contributed by atoms with E-state index in [2.05, 4.69) is 0 Å². The highest BCUT2D eigenvalue weighted by atomic mass is 35.5. The van der Waals surface area contributed by atoms with Gasteiger partial charge in [0.1, 0.15) is 0 Å². The van der Waals surface area contributed by atoms with Gasteiger partial charge < -0.3 is 4.74 Å². The van der Waals surface area contributed by atoms with Gasteiger partial charge in [-0.15, -0.1) is 11.6 Å². The lowest BCUT2D eigenvalue weighted by Gasteiger charge is -2.20. The summed E-state index contributed by atoms with van der Waals surface area (Å²) in [4.78, 5) is 21.9. The van der Waals surface area contributed by atoms with Crippen LogP contribution in [-0.2, 0) is 9.53 Å². The van der Waals surface area contributed by atoms with Crippen molar-refractivity contribution in [3.05, 3.63) is 35.9 Å². The van der Waals surface area contributed by atoms with Crippen LogP contribution in [0.3, 0.4) is 0 Å². The summed E-state index contributed by atoms with van der Waals surface area (Å²) >= 11 is 6.25. The van der Waals surface area contributed by atoms with Gasteiger partial charge >= 0.3 is 5.97 Å². The topological polar surface area (TPSA) is 43.4 Å². The number of hydrogen-bond donors (Lipinski definition) is 0. The van der Waals surface area contributed by atoms with Crippen molar-refractivity contribution < 1.29 is 14.3 Å². The summed E-state index contributed by atoms with van der Waals surface area (Å²) in [7, 11) is 0. The van der Waals surface area contributed by atoms with Gasteiger partial charge in [0.05, 0.1) is 11.5 Å². The zero-order chi connectivity index (χ0) is 13.6. The third kappa shape index (κ3) is 5.32. The Balaban J connectivity index is 2.49. The number of rotatable bonds is 6. The van der Waals surface area contributed by atoms with Crippen molar-refractivity contribution in [2.45, 2.75) is 31.6 Å². The molecule has 0 saturated carbocycles. The van der Waals surface area contributed by atoms with Gasteiger partial charge in [0.25, 0.3) is 0 Å². The Morgan fingerprint density at radius 1 is 1.28 bits per heavy atom. The Kier molecular flexibility index (Phi) is 5.35. The molecular weight excluding hydrogens is 252 g/mol. The molecule has 0 aliphatic heterocycles. The van der Waals surface area contributed by atoms with Crippen molar-refractivity contribution >= 4 is 23.4 Å². The molecule has 0 aliphatic rings. The highest BCUT2D eigenvalue weighted by Gasteiger charge is 2.25. The monoisotopic (exact) mass is 268 g/mol. The van der Waals surface area contributed by atoms with Crippen LogP contribution in [0.2, 0.25) is 0 Å². The van der Waals surface area contributed by atoms with Crippen LogP contribution in [0.15, 0.2) is 30.3 Å². The summed E-state index contributed by atoms with van der Waals surface area (Å²) in [6, 6.07) is 9.02. The molecule has 18 heavy (non-hydrogen) atoms. The summed E-state index contributed by atoms with van der Waals surface area (Å²) in [6.07, 6.45) is 0.673. The fourth-order valence-corrected chi connectivity index (χ4v) is 1.76. The van der Waals surface area contributed by atoms with Crippen LogP contribution in [0, 0.1) is 0 Å². The second kappa shape index (κ2) is 6.55. The zero-order valence-electron chi connectivity index (χ0n) is 10.6. The van der Waals surface area contributed by atoms with Gasteiger partial charge in [-0.3, -0.25) is 9.59 Å². The van der Waals surface area contributed by atoms with E-state index in [9.17, 15) is 9.59 Å². The molecule has 1 aromatic rings. The van der Waals surface area contributed by atoms with Crippen molar-refractivity contribution in [2.75, 3.05) is 6.61 Å². The lowest BCUT2D eigenvalue weighted by molar-refractivity contribution is -0.141. The average Bonchev–Trinajstić information content (AvgIpc) is 2.28. The number of alkyl halides is 1. The molecule has 0 radical (unpaired) electrons. The molecule has 98 valence electrons. The number of carbonyl (C=O) groups excluding carboxylic acids is 2. The second-order valence-electron chi connectivity index (χ2n) is 4.47. The summed E-state index contributed by atoms with van der Waals surface area (Å²) in [5, 5.41) is 0. The van der Waals surface area contributed by atoms with Crippen molar-refractivity contribution in [3.63, 3.8) is 0 Å². The predicted molar refractivity (Wildman–Crippen MR) is 70.9 cm³/mol. The van der Waals surface area contributed by atoms with E-state index in [-0.39, 0.29) is 24.8 Å². The van der Waals surface area contributed by atoms with Crippen LogP contribution in [0.1, 0.15) is 37.0 Å². The molecule has 1 rings (SSSR count). The lowest BCUT2D eigenvalue weighted by Crippen LogP contribution is -2.24. The molecule has 0 N–H and O–H groups in total. The molecule has 1 atom stereocenters. The molecule has 0 saturated heterocycles. The van der Waals surface area contributed by atoms with E-state index in [0.717, 1.165) is 0 Å². The largest absolute Gasteiger partial charge is 0.466 e. The average molecular weight is 269 g/mol. The maximum Gasteiger partial charge on any atom is 0.302 e. The van der Waals surface area contributed by atoms with Crippen LogP contribution in [-0.4, -0.2) is 23.2 Å². The molecule has 0 spiro atoms. The van der Waals surface area contributed by atoms with Gasteiger partial charge in [0.15, 0.2) is 5.78 Å². The summed E-state index contributed by atoms with van der Waals surface area (Å²) in [5.41, 5.74) is 0.650. The van der Waals surface area contributed by atoms with Gasteiger partial charge in [-0.1, -0.05) is 30.3 Å². The minimum absolute atomic E-state index is 0.00377. The predicted octanol–water partition coefficient (Wildman–Crippen LogP) is 3.21. The molecule has 1 unspecified atom stereocenters. The van der Waals surface area contributed by atoms with Crippen molar-refractivity contribution in [2.24, 2.45) is 0 Å². The Morgan fingerprint density at radius 3 is 2.44 bits per heavy atom. The third-order valence-corrected chi connectivity index (χ3v) is 2.88.